The third kappa shape index (κ3) is 5.15. The lowest BCUT2D eigenvalue weighted by atomic mass is 10.1. The van der Waals surface area contributed by atoms with Crippen molar-refractivity contribution in [3.05, 3.63) is 58.5 Å². The third-order valence-corrected chi connectivity index (χ3v) is 7.90. The van der Waals surface area contributed by atoms with Crippen molar-refractivity contribution in [2.75, 3.05) is 29.8 Å². The summed E-state index contributed by atoms with van der Waals surface area (Å²) in [5.74, 6) is -0.437. The van der Waals surface area contributed by atoms with Gasteiger partial charge in [0.25, 0.3) is 10.0 Å². The first-order valence-corrected chi connectivity index (χ1v) is 13.1. The van der Waals surface area contributed by atoms with Crippen LogP contribution in [0.15, 0.2) is 52.7 Å². The predicted molar refractivity (Wildman–Crippen MR) is 133 cm³/mol. The summed E-state index contributed by atoms with van der Waals surface area (Å²) >= 11 is 1.56. The van der Waals surface area contributed by atoms with E-state index in [4.69, 9.17) is 4.74 Å². The largest absolute Gasteiger partial charge is 0.495 e. The molecular weight excluding hydrogens is 461 g/mol. The maximum Gasteiger partial charge on any atom is 0.264 e. The van der Waals surface area contributed by atoms with Crippen molar-refractivity contribution in [1.29, 1.82) is 0 Å². The van der Waals surface area contributed by atoms with Crippen LogP contribution in [0, 0.1) is 12.7 Å². The Morgan fingerprint density at radius 1 is 1.09 bits per heavy atom. The third-order valence-electron chi connectivity index (χ3n) is 5.64. The van der Waals surface area contributed by atoms with Crippen molar-refractivity contribution in [3.63, 3.8) is 0 Å². The van der Waals surface area contributed by atoms with Gasteiger partial charge < -0.3 is 15.0 Å². The Hall–Kier alpha value is -2.62. The molecule has 2 N–H and O–H groups in total. The van der Waals surface area contributed by atoms with Gasteiger partial charge in [-0.15, -0.1) is 11.3 Å². The maximum atomic E-state index is 14.9. The lowest BCUT2D eigenvalue weighted by molar-refractivity contribution is 0.406. The quantitative estimate of drug-likeness (QED) is 0.518. The van der Waals surface area contributed by atoms with Crippen LogP contribution in [0.4, 0.5) is 15.8 Å². The highest BCUT2D eigenvalue weighted by Gasteiger charge is 2.24. The van der Waals surface area contributed by atoms with E-state index in [1.165, 1.54) is 19.2 Å². The molecule has 0 saturated carbocycles. The van der Waals surface area contributed by atoms with Crippen LogP contribution in [-0.2, 0) is 10.0 Å². The molecule has 1 saturated heterocycles. The van der Waals surface area contributed by atoms with Gasteiger partial charge in [0, 0.05) is 35.7 Å². The van der Waals surface area contributed by atoms with E-state index in [0.717, 1.165) is 29.2 Å². The zero-order chi connectivity index (χ0) is 23.8. The standard InChI is InChI=1S/C24H28FN3O3S2/c1-15-12-28(13-16(2)26-15)20-6-7-23(31-4)22(11-20)27-33(29,30)24-8-5-18(10-21(24)25)19-9-17(3)32-14-19/h5-11,14-16,26-27H,12-13H2,1-4H3. The fraction of sp³-hybridized carbons (Fsp3) is 0.333. The minimum absolute atomic E-state index is 0.269. The van der Waals surface area contributed by atoms with Crippen molar-refractivity contribution >= 4 is 32.7 Å². The Morgan fingerprint density at radius 3 is 2.42 bits per heavy atom. The van der Waals surface area contributed by atoms with E-state index in [9.17, 15) is 12.8 Å². The molecule has 0 radical (unpaired) electrons. The molecule has 6 nitrogen and oxygen atoms in total. The molecule has 2 atom stereocenters. The summed E-state index contributed by atoms with van der Waals surface area (Å²) in [6.45, 7) is 7.78. The van der Waals surface area contributed by atoms with Crippen LogP contribution in [0.1, 0.15) is 18.7 Å². The first kappa shape index (κ1) is 23.5. The average Bonchev–Trinajstić information content (AvgIpc) is 3.19. The van der Waals surface area contributed by atoms with E-state index in [1.807, 2.05) is 24.4 Å². The minimum Gasteiger partial charge on any atom is -0.495 e. The number of benzene rings is 2. The Labute approximate surface area is 198 Å². The molecule has 0 amide bonds. The topological polar surface area (TPSA) is 70.7 Å². The summed E-state index contributed by atoms with van der Waals surface area (Å²) in [6.07, 6.45) is 0. The number of piperazine rings is 1. The Kier molecular flexibility index (Phi) is 6.65. The molecule has 0 spiro atoms. The average molecular weight is 490 g/mol. The number of aryl methyl sites for hydroxylation is 1. The smallest absolute Gasteiger partial charge is 0.264 e. The van der Waals surface area contributed by atoms with Crippen LogP contribution in [-0.4, -0.2) is 40.7 Å². The fourth-order valence-corrected chi connectivity index (χ4v) is 6.04. The van der Waals surface area contributed by atoms with E-state index >= 15 is 0 Å². The number of nitrogens with zero attached hydrogens (tertiary/aromatic N) is 1. The van der Waals surface area contributed by atoms with Crippen molar-refractivity contribution < 1.29 is 17.5 Å². The maximum absolute atomic E-state index is 14.9. The molecular formula is C24H28FN3O3S2. The molecule has 1 aliphatic rings. The molecule has 4 rings (SSSR count). The molecule has 2 heterocycles. The molecule has 1 aromatic heterocycles. The van der Waals surface area contributed by atoms with Gasteiger partial charge in [0.2, 0.25) is 0 Å². The summed E-state index contributed by atoms with van der Waals surface area (Å²) in [7, 11) is -2.70. The van der Waals surface area contributed by atoms with Gasteiger partial charge in [0.1, 0.15) is 16.5 Å². The van der Waals surface area contributed by atoms with Gasteiger partial charge in [-0.1, -0.05) is 6.07 Å². The summed E-state index contributed by atoms with van der Waals surface area (Å²) in [6, 6.07) is 12.1. The highest BCUT2D eigenvalue weighted by molar-refractivity contribution is 7.92. The zero-order valence-corrected chi connectivity index (χ0v) is 20.7. The molecule has 0 aliphatic carbocycles. The van der Waals surface area contributed by atoms with Crippen LogP contribution in [0.2, 0.25) is 0 Å². The number of rotatable bonds is 6. The van der Waals surface area contributed by atoms with Crippen LogP contribution < -0.4 is 19.7 Å². The van der Waals surface area contributed by atoms with Crippen molar-refractivity contribution in [2.45, 2.75) is 37.8 Å². The number of anilines is 2. The first-order valence-electron chi connectivity index (χ1n) is 10.7. The van der Waals surface area contributed by atoms with E-state index in [0.29, 0.717) is 23.4 Å². The van der Waals surface area contributed by atoms with E-state index in [2.05, 4.69) is 28.8 Å². The van der Waals surface area contributed by atoms with Gasteiger partial charge in [-0.3, -0.25) is 4.72 Å². The van der Waals surface area contributed by atoms with Gasteiger partial charge in [-0.2, -0.15) is 0 Å². The van der Waals surface area contributed by atoms with Crippen molar-refractivity contribution in [1.82, 2.24) is 5.32 Å². The van der Waals surface area contributed by atoms with Crippen molar-refractivity contribution in [3.8, 4) is 16.9 Å². The number of thiophene rings is 1. The normalized spacial score (nSPS) is 18.9. The van der Waals surface area contributed by atoms with Crippen LogP contribution in [0.25, 0.3) is 11.1 Å². The predicted octanol–water partition coefficient (Wildman–Crippen LogP) is 4.86. The van der Waals surface area contributed by atoms with Crippen LogP contribution in [0.3, 0.4) is 0 Å². The molecule has 1 fully saturated rings. The molecule has 0 bridgehead atoms. The summed E-state index contributed by atoms with van der Waals surface area (Å²) in [5, 5.41) is 5.40. The summed E-state index contributed by atoms with van der Waals surface area (Å²) in [5.41, 5.74) is 2.64. The highest BCUT2D eigenvalue weighted by Crippen LogP contribution is 2.33. The number of nitrogens with one attached hydrogen (secondary N) is 2. The number of hydrogen-bond acceptors (Lipinski definition) is 6. The number of sulfonamides is 1. The lowest BCUT2D eigenvalue weighted by Gasteiger charge is -2.38. The molecule has 2 aromatic carbocycles. The Bertz CT molecular complexity index is 1250. The number of methoxy groups -OCH3 is 1. The monoisotopic (exact) mass is 489 g/mol. The molecule has 9 heteroatoms. The zero-order valence-electron chi connectivity index (χ0n) is 19.1. The highest BCUT2D eigenvalue weighted by atomic mass is 32.2. The number of hydrogen-bond donors (Lipinski definition) is 2. The number of halogens is 1. The van der Waals surface area contributed by atoms with E-state index in [1.54, 1.807) is 29.5 Å². The molecule has 176 valence electrons. The van der Waals surface area contributed by atoms with Crippen LogP contribution >= 0.6 is 11.3 Å². The number of ether oxygens (including phenoxy) is 1. The molecule has 33 heavy (non-hydrogen) atoms. The van der Waals surface area contributed by atoms with Gasteiger partial charge in [0.05, 0.1) is 12.8 Å². The molecule has 1 aliphatic heterocycles. The Balaban J connectivity index is 1.63. The summed E-state index contributed by atoms with van der Waals surface area (Å²) in [4.78, 5) is 2.89. The molecule has 2 unspecified atom stereocenters. The van der Waals surface area contributed by atoms with Gasteiger partial charge in [-0.25, -0.2) is 12.8 Å². The van der Waals surface area contributed by atoms with Gasteiger partial charge in [0.15, 0.2) is 0 Å². The fourth-order valence-electron chi connectivity index (χ4n) is 4.20. The minimum atomic E-state index is -4.17. The van der Waals surface area contributed by atoms with Crippen molar-refractivity contribution in [2.24, 2.45) is 0 Å². The first-order chi connectivity index (χ1) is 15.7. The lowest BCUT2D eigenvalue weighted by Crippen LogP contribution is -2.54. The summed E-state index contributed by atoms with van der Waals surface area (Å²) < 4.78 is 49.0. The van der Waals surface area contributed by atoms with Gasteiger partial charge >= 0.3 is 0 Å². The van der Waals surface area contributed by atoms with E-state index in [-0.39, 0.29) is 5.69 Å². The van der Waals surface area contributed by atoms with Gasteiger partial charge in [-0.05, 0) is 73.7 Å². The van der Waals surface area contributed by atoms with Crippen LogP contribution in [0.5, 0.6) is 5.75 Å². The van der Waals surface area contributed by atoms with E-state index < -0.39 is 20.7 Å². The Morgan fingerprint density at radius 2 is 1.82 bits per heavy atom. The second kappa shape index (κ2) is 9.32. The molecule has 3 aromatic rings. The SMILES string of the molecule is COc1ccc(N2CC(C)NC(C)C2)cc1NS(=O)(=O)c1ccc(-c2csc(C)c2)cc1F. The second-order valence-corrected chi connectivity index (χ2v) is 11.2. The second-order valence-electron chi connectivity index (χ2n) is 8.46.